The number of fused-ring (bicyclic) bond motifs is 1. The third kappa shape index (κ3) is 3.74. The van der Waals surface area contributed by atoms with Crippen molar-refractivity contribution in [2.75, 3.05) is 0 Å². The van der Waals surface area contributed by atoms with E-state index in [2.05, 4.69) is 16.6 Å². The first kappa shape index (κ1) is 17.7. The van der Waals surface area contributed by atoms with Gasteiger partial charge < -0.3 is 0 Å². The van der Waals surface area contributed by atoms with E-state index in [4.69, 9.17) is 22.4 Å². The molecule has 1 fully saturated rings. The van der Waals surface area contributed by atoms with Gasteiger partial charge in [0.15, 0.2) is 5.82 Å². The lowest BCUT2D eigenvalue weighted by atomic mass is 10.4. The summed E-state index contributed by atoms with van der Waals surface area (Å²) in [6.07, 6.45) is 2.57. The molecule has 24 heavy (non-hydrogen) atoms. The molecule has 0 aromatic carbocycles. The van der Waals surface area contributed by atoms with Crippen LogP contribution in [0.3, 0.4) is 0 Å². The van der Waals surface area contributed by atoms with Gasteiger partial charge in [-0.05, 0) is 49.5 Å². The summed E-state index contributed by atoms with van der Waals surface area (Å²) in [5.74, 6) is 0.183. The first-order chi connectivity index (χ1) is 11.3. The van der Waals surface area contributed by atoms with Crippen LogP contribution in [0.1, 0.15) is 25.6 Å². The molecule has 0 spiro atoms. The molecule has 10 heteroatoms. The Hall–Kier alpha value is -1.16. The summed E-state index contributed by atoms with van der Waals surface area (Å²) in [7, 11) is 0. The number of thioether (sulfide) groups is 1. The first-order valence-electron chi connectivity index (χ1n) is 7.03. The quantitative estimate of drug-likeness (QED) is 0.401. The Balaban J connectivity index is 1.87. The molecule has 1 aliphatic carbocycles. The van der Waals surface area contributed by atoms with E-state index in [1.807, 2.05) is 0 Å². The van der Waals surface area contributed by atoms with Crippen LogP contribution in [0.25, 0.3) is 5.52 Å². The zero-order valence-electron chi connectivity index (χ0n) is 12.6. The zero-order chi connectivity index (χ0) is 17.5. The molecule has 0 bridgehead atoms. The number of nitrogens with one attached hydrogen (secondary N) is 3. The molecule has 3 rings (SSSR count). The highest BCUT2D eigenvalue weighted by Gasteiger charge is 2.37. The standard InChI is InChI=1S/C14H14ClF2N5S2/c1-14(2-3-14)21-24-7-4-8(15)9-5-20-13(22(9)6-7)12(19)23-11(18)10(16)17/h4-6,10,18-19,21H,2-3H2,1H3. The minimum Gasteiger partial charge on any atom is -0.295 e. The van der Waals surface area contributed by atoms with Crippen LogP contribution in [0.15, 0.2) is 23.4 Å². The Bertz CT molecular complexity index is 819. The maximum absolute atomic E-state index is 12.5. The van der Waals surface area contributed by atoms with Crippen LogP contribution < -0.4 is 4.72 Å². The minimum absolute atomic E-state index is 0.138. The van der Waals surface area contributed by atoms with Gasteiger partial charge in [0.1, 0.15) is 10.1 Å². The van der Waals surface area contributed by atoms with Crippen molar-refractivity contribution in [2.45, 2.75) is 36.6 Å². The third-order valence-electron chi connectivity index (χ3n) is 3.60. The predicted octanol–water partition coefficient (Wildman–Crippen LogP) is 4.44. The van der Waals surface area contributed by atoms with Gasteiger partial charge in [0.25, 0.3) is 6.43 Å². The van der Waals surface area contributed by atoms with Crippen molar-refractivity contribution in [3.05, 3.63) is 29.3 Å². The molecule has 0 saturated heterocycles. The van der Waals surface area contributed by atoms with Gasteiger partial charge in [-0.3, -0.25) is 19.9 Å². The van der Waals surface area contributed by atoms with Crippen molar-refractivity contribution >= 4 is 50.9 Å². The Morgan fingerprint density at radius 2 is 2.17 bits per heavy atom. The van der Waals surface area contributed by atoms with Gasteiger partial charge in [0, 0.05) is 16.6 Å². The van der Waals surface area contributed by atoms with Crippen LogP contribution in [-0.4, -0.2) is 31.4 Å². The number of imidazole rings is 1. The second kappa shape index (κ2) is 6.62. The topological polar surface area (TPSA) is 77.0 Å². The smallest absolute Gasteiger partial charge is 0.285 e. The van der Waals surface area contributed by atoms with Gasteiger partial charge in [-0.2, -0.15) is 0 Å². The molecule has 1 aliphatic rings. The third-order valence-corrected chi connectivity index (χ3v) is 5.74. The predicted molar refractivity (Wildman–Crippen MR) is 95.0 cm³/mol. The Kier molecular flexibility index (Phi) is 4.87. The summed E-state index contributed by atoms with van der Waals surface area (Å²) in [5.41, 5.74) is 0.723. The molecular weight excluding hydrogens is 376 g/mol. The lowest BCUT2D eigenvalue weighted by Crippen LogP contribution is -2.20. The van der Waals surface area contributed by atoms with Crippen LogP contribution >= 0.6 is 35.3 Å². The molecule has 0 unspecified atom stereocenters. The van der Waals surface area contributed by atoms with Crippen LogP contribution in [0, 0.1) is 10.8 Å². The maximum atomic E-state index is 12.5. The number of aromatic nitrogens is 2. The largest absolute Gasteiger partial charge is 0.295 e. The molecule has 0 amide bonds. The fraction of sp³-hybridized carbons (Fsp3) is 0.357. The van der Waals surface area contributed by atoms with Crippen LogP contribution in [0.2, 0.25) is 5.02 Å². The average Bonchev–Trinajstić information content (AvgIpc) is 3.09. The molecule has 0 aliphatic heterocycles. The van der Waals surface area contributed by atoms with Crippen molar-refractivity contribution in [3.8, 4) is 0 Å². The molecule has 2 heterocycles. The monoisotopic (exact) mass is 389 g/mol. The Morgan fingerprint density at radius 1 is 1.46 bits per heavy atom. The van der Waals surface area contributed by atoms with Crippen molar-refractivity contribution in [1.29, 1.82) is 10.8 Å². The molecule has 128 valence electrons. The van der Waals surface area contributed by atoms with Gasteiger partial charge in [-0.1, -0.05) is 11.6 Å². The molecule has 0 atom stereocenters. The molecule has 2 aromatic heterocycles. The van der Waals surface area contributed by atoms with E-state index >= 15 is 0 Å². The number of alkyl halides is 2. The van der Waals surface area contributed by atoms with Gasteiger partial charge in [0.05, 0.1) is 16.7 Å². The summed E-state index contributed by atoms with van der Waals surface area (Å²) < 4.78 is 29.9. The van der Waals surface area contributed by atoms with Gasteiger partial charge in [-0.25, -0.2) is 13.8 Å². The highest BCUT2D eigenvalue weighted by molar-refractivity contribution is 8.26. The summed E-state index contributed by atoms with van der Waals surface area (Å²) in [6, 6.07) is 1.80. The number of nitrogens with zero attached hydrogens (tertiary/aromatic N) is 2. The number of rotatable bonds is 5. The van der Waals surface area contributed by atoms with E-state index in [-0.39, 0.29) is 16.4 Å². The van der Waals surface area contributed by atoms with Gasteiger partial charge >= 0.3 is 0 Å². The minimum atomic E-state index is -2.90. The normalized spacial score (nSPS) is 15.9. The van der Waals surface area contributed by atoms with E-state index in [0.29, 0.717) is 22.3 Å². The van der Waals surface area contributed by atoms with E-state index in [9.17, 15) is 8.78 Å². The number of hydrogen-bond acceptors (Lipinski definition) is 6. The second-order valence-corrected chi connectivity index (χ2v) is 8.06. The molecule has 5 nitrogen and oxygen atoms in total. The number of hydrogen-bond donors (Lipinski definition) is 3. The lowest BCUT2D eigenvalue weighted by Gasteiger charge is -2.11. The average molecular weight is 390 g/mol. The highest BCUT2D eigenvalue weighted by Crippen LogP contribution is 2.38. The fourth-order valence-electron chi connectivity index (χ4n) is 1.93. The van der Waals surface area contributed by atoms with E-state index in [1.54, 1.807) is 16.7 Å². The van der Waals surface area contributed by atoms with Crippen LogP contribution in [-0.2, 0) is 0 Å². The summed E-state index contributed by atoms with van der Waals surface area (Å²) in [4.78, 5) is 4.93. The molecule has 0 radical (unpaired) electrons. The Labute approximate surface area is 150 Å². The Morgan fingerprint density at radius 3 is 2.79 bits per heavy atom. The molecule has 1 saturated carbocycles. The fourth-order valence-corrected chi connectivity index (χ4v) is 3.70. The van der Waals surface area contributed by atoms with Crippen molar-refractivity contribution in [3.63, 3.8) is 0 Å². The van der Waals surface area contributed by atoms with E-state index in [1.165, 1.54) is 18.1 Å². The van der Waals surface area contributed by atoms with Crippen molar-refractivity contribution < 1.29 is 8.78 Å². The number of halogens is 3. The summed E-state index contributed by atoms with van der Waals surface area (Å²) >= 11 is 8.09. The molecule has 2 aromatic rings. The zero-order valence-corrected chi connectivity index (χ0v) is 15.0. The number of pyridine rings is 1. The van der Waals surface area contributed by atoms with Crippen molar-refractivity contribution in [1.82, 2.24) is 14.1 Å². The summed E-state index contributed by atoms with van der Waals surface area (Å²) in [6.45, 7) is 2.13. The molecule has 3 N–H and O–H groups in total. The maximum Gasteiger partial charge on any atom is 0.285 e. The van der Waals surface area contributed by atoms with Crippen molar-refractivity contribution in [2.24, 2.45) is 0 Å². The first-order valence-corrected chi connectivity index (χ1v) is 9.04. The van der Waals surface area contributed by atoms with Gasteiger partial charge in [0.2, 0.25) is 0 Å². The summed E-state index contributed by atoms with van der Waals surface area (Å²) in [5, 5.41) is 14.5. The second-order valence-electron chi connectivity index (χ2n) is 5.72. The van der Waals surface area contributed by atoms with Crippen LogP contribution in [0.4, 0.5) is 8.78 Å². The SMILES string of the molecule is CC1(NSc2cc(Cl)c3cnc(C(=N)SC(=N)C(F)F)n3c2)CC1. The molecular formula is C14H14ClF2N5S2. The van der Waals surface area contributed by atoms with Crippen LogP contribution in [0.5, 0.6) is 0 Å². The van der Waals surface area contributed by atoms with Gasteiger partial charge in [-0.15, -0.1) is 0 Å². The van der Waals surface area contributed by atoms with E-state index < -0.39 is 11.5 Å². The van der Waals surface area contributed by atoms with E-state index in [0.717, 1.165) is 17.7 Å². The lowest BCUT2D eigenvalue weighted by molar-refractivity contribution is 0.228. The highest BCUT2D eigenvalue weighted by atomic mass is 35.5.